The van der Waals surface area contributed by atoms with Gasteiger partial charge in [-0.05, 0) is 36.9 Å². The Hall–Kier alpha value is -3.30. The molecule has 1 heterocycles. The topological polar surface area (TPSA) is 109 Å². The zero-order valence-corrected chi connectivity index (χ0v) is 20.4. The van der Waals surface area contributed by atoms with Gasteiger partial charge in [0.25, 0.3) is 0 Å². The molecule has 0 unspecified atom stereocenters. The second-order valence-electron chi connectivity index (χ2n) is 7.71. The summed E-state index contributed by atoms with van der Waals surface area (Å²) in [5.74, 6) is -1.66. The van der Waals surface area contributed by atoms with Crippen LogP contribution in [0.4, 0.5) is 5.69 Å². The van der Waals surface area contributed by atoms with Crippen LogP contribution in [0.25, 0.3) is 11.1 Å². The van der Waals surface area contributed by atoms with Crippen LogP contribution in [0.5, 0.6) is 5.75 Å². The third-order valence-electron chi connectivity index (χ3n) is 5.70. The molecular formula is C25H30N2O6S. The number of furan rings is 1. The van der Waals surface area contributed by atoms with E-state index >= 15 is 0 Å². The summed E-state index contributed by atoms with van der Waals surface area (Å²) in [5.41, 5.74) is 1.60. The number of carbonyl (C=O) groups is 1. The van der Waals surface area contributed by atoms with Crippen LogP contribution in [0.3, 0.4) is 0 Å². The first-order valence-electron chi connectivity index (χ1n) is 11.1. The lowest BCUT2D eigenvalue weighted by Gasteiger charge is -2.19. The van der Waals surface area contributed by atoms with E-state index in [4.69, 9.17) is 9.15 Å². The third kappa shape index (κ3) is 5.60. The van der Waals surface area contributed by atoms with Crippen molar-refractivity contribution in [3.63, 3.8) is 0 Å². The Morgan fingerprint density at radius 2 is 1.85 bits per heavy atom. The van der Waals surface area contributed by atoms with E-state index in [1.807, 2.05) is 0 Å². The molecule has 34 heavy (non-hydrogen) atoms. The highest BCUT2D eigenvalue weighted by atomic mass is 32.2. The second kappa shape index (κ2) is 11.2. The Bertz CT molecular complexity index is 1220. The first-order chi connectivity index (χ1) is 16.3. The maximum atomic E-state index is 13.4. The minimum absolute atomic E-state index is 0.0900. The molecule has 0 aliphatic heterocycles. The molecule has 0 saturated carbocycles. The van der Waals surface area contributed by atoms with E-state index in [1.54, 1.807) is 30.3 Å². The van der Waals surface area contributed by atoms with Crippen molar-refractivity contribution in [2.24, 2.45) is 0 Å². The van der Waals surface area contributed by atoms with Gasteiger partial charge in [0.05, 0.1) is 36.0 Å². The van der Waals surface area contributed by atoms with Crippen molar-refractivity contribution >= 4 is 21.5 Å². The quantitative estimate of drug-likeness (QED) is 0.388. The third-order valence-corrected chi connectivity index (χ3v) is 7.42. The van der Waals surface area contributed by atoms with Gasteiger partial charge in [0.1, 0.15) is 11.3 Å². The molecule has 9 heteroatoms. The number of hydrogen-bond acceptors (Lipinski definition) is 7. The molecule has 0 fully saturated rings. The molecule has 8 nitrogen and oxygen atoms in total. The molecule has 3 rings (SSSR count). The molecule has 0 spiro atoms. The summed E-state index contributed by atoms with van der Waals surface area (Å²) in [6, 6.07) is 11.5. The standard InChI is InChI=1S/C25H30N2O6S/c1-4-27(5-2)14-13-26-21-8-6-7-9-22(21)34(30,31)17-19-10-11-20(18-12-15-33-16-18)24(32-3)23(19)25(28)29/h6-12,15-16,26H,4-5,13-14,17H2,1-3H3,(H,28,29). The van der Waals surface area contributed by atoms with Crippen molar-refractivity contribution in [1.29, 1.82) is 0 Å². The van der Waals surface area contributed by atoms with Gasteiger partial charge in [-0.3, -0.25) is 0 Å². The molecule has 0 aliphatic carbocycles. The Morgan fingerprint density at radius 1 is 1.12 bits per heavy atom. The molecule has 0 saturated heterocycles. The molecule has 0 aliphatic rings. The van der Waals surface area contributed by atoms with Crippen LogP contribution in [0, 0.1) is 0 Å². The maximum absolute atomic E-state index is 13.4. The van der Waals surface area contributed by atoms with Gasteiger partial charge in [-0.2, -0.15) is 0 Å². The lowest BCUT2D eigenvalue weighted by atomic mass is 9.99. The normalized spacial score (nSPS) is 11.5. The SMILES string of the molecule is CCN(CC)CCNc1ccccc1S(=O)(=O)Cc1ccc(-c2ccoc2)c(OC)c1C(=O)O. The fraction of sp³-hybridized carbons (Fsp3) is 0.320. The number of anilines is 1. The molecule has 0 radical (unpaired) electrons. The molecule has 0 amide bonds. The first-order valence-corrected chi connectivity index (χ1v) is 12.7. The summed E-state index contributed by atoms with van der Waals surface area (Å²) >= 11 is 0. The monoisotopic (exact) mass is 486 g/mol. The van der Waals surface area contributed by atoms with Crippen LogP contribution >= 0.6 is 0 Å². The number of para-hydroxylation sites is 1. The fourth-order valence-electron chi connectivity index (χ4n) is 3.89. The van der Waals surface area contributed by atoms with Gasteiger partial charge >= 0.3 is 5.97 Å². The van der Waals surface area contributed by atoms with Crippen LogP contribution < -0.4 is 10.1 Å². The number of nitrogens with zero attached hydrogens (tertiary/aromatic N) is 1. The molecule has 3 aromatic rings. The van der Waals surface area contributed by atoms with E-state index in [0.29, 0.717) is 23.4 Å². The second-order valence-corrected chi connectivity index (χ2v) is 9.66. The number of sulfone groups is 1. The minimum Gasteiger partial charge on any atom is -0.495 e. The summed E-state index contributed by atoms with van der Waals surface area (Å²) in [6.07, 6.45) is 2.94. The summed E-state index contributed by atoms with van der Waals surface area (Å²) in [4.78, 5) is 14.5. The zero-order valence-electron chi connectivity index (χ0n) is 19.6. The Morgan fingerprint density at radius 3 is 2.47 bits per heavy atom. The summed E-state index contributed by atoms with van der Waals surface area (Å²) in [5, 5.41) is 13.1. The van der Waals surface area contributed by atoms with Gasteiger partial charge in [0.2, 0.25) is 0 Å². The fourth-order valence-corrected chi connectivity index (χ4v) is 5.46. The van der Waals surface area contributed by atoms with Gasteiger partial charge in [0, 0.05) is 24.2 Å². The van der Waals surface area contributed by atoms with Crippen LogP contribution in [0.1, 0.15) is 29.8 Å². The van der Waals surface area contributed by atoms with Crippen molar-refractivity contribution in [2.75, 3.05) is 38.6 Å². The largest absolute Gasteiger partial charge is 0.495 e. The number of carboxylic acid groups (broad SMARTS) is 1. The highest BCUT2D eigenvalue weighted by Crippen LogP contribution is 2.37. The number of methoxy groups -OCH3 is 1. The van der Waals surface area contributed by atoms with Gasteiger partial charge in [-0.25, -0.2) is 13.2 Å². The molecule has 2 N–H and O–H groups in total. The van der Waals surface area contributed by atoms with Crippen LogP contribution in [-0.2, 0) is 15.6 Å². The van der Waals surface area contributed by atoms with Crippen molar-refractivity contribution in [1.82, 2.24) is 4.90 Å². The number of hydrogen-bond donors (Lipinski definition) is 2. The Labute approximate surface area is 200 Å². The van der Waals surface area contributed by atoms with E-state index in [-0.39, 0.29) is 21.8 Å². The van der Waals surface area contributed by atoms with Crippen LogP contribution in [-0.4, -0.2) is 57.7 Å². The lowest BCUT2D eigenvalue weighted by Crippen LogP contribution is -2.28. The Kier molecular flexibility index (Phi) is 8.36. The van der Waals surface area contributed by atoms with Gasteiger partial charge in [-0.1, -0.05) is 38.1 Å². The van der Waals surface area contributed by atoms with Gasteiger partial charge in [-0.15, -0.1) is 0 Å². The van der Waals surface area contributed by atoms with Gasteiger partial charge in [0.15, 0.2) is 9.84 Å². The summed E-state index contributed by atoms with van der Waals surface area (Å²) < 4.78 is 37.4. The average molecular weight is 487 g/mol. The van der Waals surface area contributed by atoms with Crippen molar-refractivity contribution in [3.8, 4) is 16.9 Å². The molecule has 182 valence electrons. The van der Waals surface area contributed by atoms with Crippen molar-refractivity contribution < 1.29 is 27.5 Å². The number of carboxylic acids is 1. The summed E-state index contributed by atoms with van der Waals surface area (Å²) in [7, 11) is -2.51. The van der Waals surface area contributed by atoms with E-state index in [9.17, 15) is 18.3 Å². The number of benzene rings is 2. The van der Waals surface area contributed by atoms with Crippen molar-refractivity contribution in [3.05, 3.63) is 66.1 Å². The van der Waals surface area contributed by atoms with Crippen molar-refractivity contribution in [2.45, 2.75) is 24.5 Å². The number of ether oxygens (including phenoxy) is 1. The summed E-state index contributed by atoms with van der Waals surface area (Å²) in [6.45, 7) is 7.33. The zero-order chi connectivity index (χ0) is 24.7. The smallest absolute Gasteiger partial charge is 0.339 e. The van der Waals surface area contributed by atoms with E-state index in [1.165, 1.54) is 31.8 Å². The average Bonchev–Trinajstić information content (AvgIpc) is 3.36. The maximum Gasteiger partial charge on any atom is 0.339 e. The van der Waals surface area contributed by atoms with E-state index in [2.05, 4.69) is 24.1 Å². The van der Waals surface area contributed by atoms with Crippen LogP contribution in [0.2, 0.25) is 0 Å². The van der Waals surface area contributed by atoms with E-state index in [0.717, 1.165) is 19.6 Å². The molecular weight excluding hydrogens is 456 g/mol. The lowest BCUT2D eigenvalue weighted by molar-refractivity contribution is 0.0692. The number of aromatic carboxylic acids is 1. The van der Waals surface area contributed by atoms with E-state index < -0.39 is 21.6 Å². The van der Waals surface area contributed by atoms with Crippen LogP contribution in [0.15, 0.2) is 64.3 Å². The minimum atomic E-state index is -3.87. The molecule has 1 aromatic heterocycles. The predicted octanol–water partition coefficient (Wildman–Crippen LogP) is 4.38. The predicted molar refractivity (Wildman–Crippen MR) is 131 cm³/mol. The molecule has 0 atom stereocenters. The van der Waals surface area contributed by atoms with Gasteiger partial charge < -0.3 is 24.5 Å². The molecule has 0 bridgehead atoms. The number of likely N-dealkylation sites (N-methyl/N-ethyl adjacent to an activating group) is 1. The Balaban J connectivity index is 1.95. The first kappa shape index (κ1) is 25.3. The molecule has 2 aromatic carbocycles. The highest BCUT2D eigenvalue weighted by molar-refractivity contribution is 7.90. The number of rotatable bonds is 12. The number of nitrogens with one attached hydrogen (secondary N) is 1. The highest BCUT2D eigenvalue weighted by Gasteiger charge is 2.27.